The van der Waals surface area contributed by atoms with Crippen LogP contribution in [0.4, 0.5) is 0 Å². The number of likely N-dealkylation sites (tertiary alicyclic amines) is 2. The molecule has 2 heteroatoms. The monoisotopic (exact) mass is 266 g/mol. The summed E-state index contributed by atoms with van der Waals surface area (Å²) in [5, 5.41) is 0. The van der Waals surface area contributed by atoms with Crippen LogP contribution in [0, 0.1) is 10.8 Å². The quantitative estimate of drug-likeness (QED) is 0.750. The fourth-order valence-corrected chi connectivity index (χ4v) is 3.46. The number of hydrogen-bond acceptors (Lipinski definition) is 2. The van der Waals surface area contributed by atoms with Crippen molar-refractivity contribution in [3.8, 4) is 0 Å². The summed E-state index contributed by atoms with van der Waals surface area (Å²) >= 11 is 0. The topological polar surface area (TPSA) is 6.48 Å². The van der Waals surface area contributed by atoms with Crippen molar-refractivity contribution in [3.63, 3.8) is 0 Å². The summed E-state index contributed by atoms with van der Waals surface area (Å²) in [5.74, 6) is 0. The lowest BCUT2D eigenvalue weighted by atomic mass is 9.71. The third-order valence-electron chi connectivity index (χ3n) is 5.40. The lowest BCUT2D eigenvalue weighted by molar-refractivity contribution is -0.144. The van der Waals surface area contributed by atoms with Crippen LogP contribution in [0.1, 0.15) is 60.8 Å². The molecule has 2 nitrogen and oxygen atoms in total. The highest BCUT2D eigenvalue weighted by molar-refractivity contribution is 5.07. The van der Waals surface area contributed by atoms with E-state index >= 15 is 0 Å². The Balaban J connectivity index is 1.61. The maximum atomic E-state index is 2.67. The van der Waals surface area contributed by atoms with E-state index in [0.717, 1.165) is 0 Å². The molecular weight excluding hydrogens is 232 g/mol. The van der Waals surface area contributed by atoms with Crippen LogP contribution in [0.2, 0.25) is 0 Å². The molecule has 0 saturated carbocycles. The highest BCUT2D eigenvalue weighted by atomic mass is 15.3. The van der Waals surface area contributed by atoms with Crippen LogP contribution in [0.25, 0.3) is 0 Å². The number of rotatable bonds is 5. The van der Waals surface area contributed by atoms with Crippen LogP contribution < -0.4 is 0 Å². The first-order valence-corrected chi connectivity index (χ1v) is 8.13. The Kier molecular flexibility index (Phi) is 4.06. The summed E-state index contributed by atoms with van der Waals surface area (Å²) < 4.78 is 0. The van der Waals surface area contributed by atoms with Crippen molar-refractivity contribution >= 4 is 0 Å². The van der Waals surface area contributed by atoms with Crippen molar-refractivity contribution in [1.82, 2.24) is 9.80 Å². The summed E-state index contributed by atoms with van der Waals surface area (Å²) in [4.78, 5) is 5.30. The molecule has 2 aliphatic heterocycles. The minimum atomic E-state index is 0.372. The van der Waals surface area contributed by atoms with E-state index in [4.69, 9.17) is 0 Å². The van der Waals surface area contributed by atoms with E-state index < -0.39 is 0 Å². The third-order valence-corrected chi connectivity index (χ3v) is 5.40. The summed E-state index contributed by atoms with van der Waals surface area (Å²) in [7, 11) is 0. The van der Waals surface area contributed by atoms with Gasteiger partial charge in [0.15, 0.2) is 0 Å². The fraction of sp³-hybridized carbons (Fsp3) is 1.00. The second-order valence-electron chi connectivity index (χ2n) is 8.86. The molecule has 19 heavy (non-hydrogen) atoms. The highest BCUT2D eigenvalue weighted by Crippen LogP contribution is 2.42. The van der Waals surface area contributed by atoms with Crippen molar-refractivity contribution in [2.24, 2.45) is 10.8 Å². The molecule has 2 rings (SSSR count). The number of hydrogen-bond donors (Lipinski definition) is 0. The van der Waals surface area contributed by atoms with Gasteiger partial charge in [-0.3, -0.25) is 4.90 Å². The van der Waals surface area contributed by atoms with Crippen LogP contribution in [-0.4, -0.2) is 48.1 Å². The summed E-state index contributed by atoms with van der Waals surface area (Å²) in [6, 6.07) is 0. The fourth-order valence-electron chi connectivity index (χ4n) is 3.46. The van der Waals surface area contributed by atoms with E-state index in [1.54, 1.807) is 0 Å². The zero-order chi connectivity index (χ0) is 14.3. The van der Waals surface area contributed by atoms with Gasteiger partial charge in [-0.25, -0.2) is 0 Å². The third kappa shape index (κ3) is 3.52. The van der Waals surface area contributed by atoms with Gasteiger partial charge in [-0.05, 0) is 45.6 Å². The van der Waals surface area contributed by atoms with Gasteiger partial charge in [0, 0.05) is 37.1 Å². The van der Waals surface area contributed by atoms with Crippen molar-refractivity contribution in [3.05, 3.63) is 0 Å². The molecule has 0 N–H and O–H groups in total. The molecule has 0 bridgehead atoms. The van der Waals surface area contributed by atoms with Crippen LogP contribution in [0.5, 0.6) is 0 Å². The molecule has 2 saturated heterocycles. The molecule has 0 aromatic rings. The van der Waals surface area contributed by atoms with E-state index in [1.165, 1.54) is 52.0 Å². The van der Waals surface area contributed by atoms with Gasteiger partial charge in [0.25, 0.3) is 0 Å². The average Bonchev–Trinajstić information content (AvgIpc) is 2.16. The molecule has 2 heterocycles. The molecule has 0 amide bonds. The zero-order valence-electron chi connectivity index (χ0n) is 14.1. The largest absolute Gasteiger partial charge is 0.302 e. The Morgan fingerprint density at radius 1 is 0.947 bits per heavy atom. The maximum absolute atomic E-state index is 2.67. The minimum Gasteiger partial charge on any atom is -0.302 e. The SMILES string of the molecule is CCC(C)(C)CCCN1CC2(C1)CN(C(C)(C)C)C2. The Labute approximate surface area is 120 Å². The molecule has 0 aromatic heterocycles. The Bertz CT molecular complexity index is 300. The molecule has 112 valence electrons. The lowest BCUT2D eigenvalue weighted by Gasteiger charge is -2.63. The van der Waals surface area contributed by atoms with E-state index in [9.17, 15) is 0 Å². The van der Waals surface area contributed by atoms with Gasteiger partial charge in [-0.2, -0.15) is 0 Å². The van der Waals surface area contributed by atoms with Gasteiger partial charge >= 0.3 is 0 Å². The van der Waals surface area contributed by atoms with Gasteiger partial charge in [-0.1, -0.05) is 27.2 Å². The summed E-state index contributed by atoms with van der Waals surface area (Å²) in [6.07, 6.45) is 4.05. The molecule has 2 aliphatic rings. The predicted octanol–water partition coefficient (Wildman–Crippen LogP) is 3.62. The van der Waals surface area contributed by atoms with E-state index in [2.05, 4.69) is 51.3 Å². The first-order chi connectivity index (χ1) is 8.66. The normalized spacial score (nSPS) is 24.3. The Morgan fingerprint density at radius 2 is 1.53 bits per heavy atom. The van der Waals surface area contributed by atoms with Crippen LogP contribution in [-0.2, 0) is 0 Å². The standard InChI is InChI=1S/C17H34N2/c1-7-16(5,6)9-8-10-18-11-17(12-18)13-19(14-17)15(2,3)4/h7-14H2,1-6H3. The van der Waals surface area contributed by atoms with Gasteiger partial charge in [0.05, 0.1) is 0 Å². The van der Waals surface area contributed by atoms with E-state index in [0.29, 0.717) is 16.4 Å². The Hall–Kier alpha value is -0.0800. The van der Waals surface area contributed by atoms with Crippen molar-refractivity contribution < 1.29 is 0 Å². The molecule has 0 aromatic carbocycles. The van der Waals surface area contributed by atoms with E-state index in [1.807, 2.05) is 0 Å². The predicted molar refractivity (Wildman–Crippen MR) is 83.5 cm³/mol. The molecule has 0 atom stereocenters. The van der Waals surface area contributed by atoms with Crippen LogP contribution in [0.3, 0.4) is 0 Å². The van der Waals surface area contributed by atoms with Gasteiger partial charge in [0.1, 0.15) is 0 Å². The minimum absolute atomic E-state index is 0.372. The second-order valence-corrected chi connectivity index (χ2v) is 8.86. The molecule has 2 fully saturated rings. The van der Waals surface area contributed by atoms with Gasteiger partial charge < -0.3 is 4.90 Å². The molecule has 0 unspecified atom stereocenters. The van der Waals surface area contributed by atoms with Crippen molar-refractivity contribution in [2.45, 2.75) is 66.3 Å². The van der Waals surface area contributed by atoms with Crippen LogP contribution in [0.15, 0.2) is 0 Å². The molecular formula is C17H34N2. The highest BCUT2D eigenvalue weighted by Gasteiger charge is 2.53. The van der Waals surface area contributed by atoms with Crippen molar-refractivity contribution in [2.75, 3.05) is 32.7 Å². The molecule has 1 spiro atoms. The first-order valence-electron chi connectivity index (χ1n) is 8.13. The smallest absolute Gasteiger partial charge is 0.0212 e. The Morgan fingerprint density at radius 3 is 2.00 bits per heavy atom. The summed E-state index contributed by atoms with van der Waals surface area (Å²) in [6.45, 7) is 20.8. The molecule has 0 aliphatic carbocycles. The van der Waals surface area contributed by atoms with Gasteiger partial charge in [-0.15, -0.1) is 0 Å². The lowest BCUT2D eigenvalue weighted by Crippen LogP contribution is -2.74. The van der Waals surface area contributed by atoms with Crippen LogP contribution >= 0.6 is 0 Å². The van der Waals surface area contributed by atoms with Gasteiger partial charge in [0.2, 0.25) is 0 Å². The first kappa shape index (κ1) is 15.3. The zero-order valence-corrected chi connectivity index (χ0v) is 14.1. The second kappa shape index (κ2) is 5.04. The molecule has 0 radical (unpaired) electrons. The maximum Gasteiger partial charge on any atom is 0.0212 e. The number of nitrogens with zero attached hydrogens (tertiary/aromatic N) is 2. The average molecular weight is 266 g/mol. The van der Waals surface area contributed by atoms with E-state index in [-0.39, 0.29) is 0 Å². The summed E-state index contributed by atoms with van der Waals surface area (Å²) in [5.41, 5.74) is 1.59. The van der Waals surface area contributed by atoms with Crippen molar-refractivity contribution in [1.29, 1.82) is 0 Å².